The molecule has 0 bridgehead atoms. The standard InChI is InChI=1S/C22H29FN2O5/c1-5-18(24-22(28)30-11-10-14(4)23)15-8-9-19-16(12-15)20(26)17(13-25(19)6-2)21(27)29-7-3/h8-9,12-14,18H,5-7,10-11H2,1-4H3,(H,24,28). The van der Waals surface area contributed by atoms with Gasteiger partial charge in [-0.1, -0.05) is 13.0 Å². The van der Waals surface area contributed by atoms with E-state index >= 15 is 0 Å². The van der Waals surface area contributed by atoms with Gasteiger partial charge >= 0.3 is 12.1 Å². The van der Waals surface area contributed by atoms with Crippen molar-refractivity contribution in [2.45, 2.75) is 59.3 Å². The minimum atomic E-state index is -1.05. The summed E-state index contributed by atoms with van der Waals surface area (Å²) in [6.45, 7) is 7.61. The Hall–Kier alpha value is -2.90. The molecule has 0 aliphatic heterocycles. The highest BCUT2D eigenvalue weighted by Crippen LogP contribution is 2.22. The molecule has 2 aromatic rings. The van der Waals surface area contributed by atoms with Crippen molar-refractivity contribution < 1.29 is 23.5 Å². The van der Waals surface area contributed by atoms with Gasteiger partial charge in [0.2, 0.25) is 5.43 Å². The molecule has 0 saturated carbocycles. The normalized spacial score (nSPS) is 13.0. The van der Waals surface area contributed by atoms with E-state index in [1.807, 2.05) is 24.5 Å². The third-order valence-corrected chi connectivity index (χ3v) is 4.79. The van der Waals surface area contributed by atoms with Gasteiger partial charge in [0.1, 0.15) is 11.7 Å². The lowest BCUT2D eigenvalue weighted by molar-refractivity contribution is 0.0524. The average molecular weight is 420 g/mol. The maximum atomic E-state index is 12.9. The van der Waals surface area contributed by atoms with Crippen LogP contribution in [0.1, 0.15) is 62.5 Å². The Kier molecular flexibility index (Phi) is 8.38. The largest absolute Gasteiger partial charge is 0.462 e. The van der Waals surface area contributed by atoms with Crippen LogP contribution in [-0.2, 0) is 16.0 Å². The first-order chi connectivity index (χ1) is 14.3. The van der Waals surface area contributed by atoms with E-state index in [4.69, 9.17) is 9.47 Å². The summed E-state index contributed by atoms with van der Waals surface area (Å²) in [5, 5.41) is 3.12. The second-order valence-electron chi connectivity index (χ2n) is 6.97. The Morgan fingerprint density at radius 2 is 1.93 bits per heavy atom. The summed E-state index contributed by atoms with van der Waals surface area (Å²) in [5.74, 6) is -0.659. The van der Waals surface area contributed by atoms with Gasteiger partial charge < -0.3 is 19.4 Å². The van der Waals surface area contributed by atoms with Gasteiger partial charge in [-0.3, -0.25) is 4.79 Å². The van der Waals surface area contributed by atoms with E-state index in [1.54, 1.807) is 19.1 Å². The topological polar surface area (TPSA) is 86.6 Å². The number of hydrogen-bond donors (Lipinski definition) is 1. The molecule has 1 aromatic heterocycles. The van der Waals surface area contributed by atoms with E-state index < -0.39 is 29.7 Å². The third-order valence-electron chi connectivity index (χ3n) is 4.79. The van der Waals surface area contributed by atoms with Crippen LogP contribution in [0.4, 0.5) is 9.18 Å². The van der Waals surface area contributed by atoms with E-state index in [0.29, 0.717) is 29.4 Å². The number of aromatic nitrogens is 1. The molecule has 30 heavy (non-hydrogen) atoms. The molecule has 2 atom stereocenters. The number of carbonyl (C=O) groups is 2. The Bertz CT molecular complexity index is 954. The summed E-state index contributed by atoms with van der Waals surface area (Å²) < 4.78 is 24.7. The zero-order chi connectivity index (χ0) is 22.3. The van der Waals surface area contributed by atoms with E-state index in [-0.39, 0.29) is 25.2 Å². The summed E-state index contributed by atoms with van der Waals surface area (Å²) in [6.07, 6.45) is 0.511. The number of ether oxygens (including phenoxy) is 2. The van der Waals surface area contributed by atoms with Crippen LogP contribution in [0.3, 0.4) is 0 Å². The lowest BCUT2D eigenvalue weighted by Crippen LogP contribution is -2.29. The Labute approximate surface area is 175 Å². The first kappa shape index (κ1) is 23.4. The summed E-state index contributed by atoms with van der Waals surface area (Å²) in [7, 11) is 0. The van der Waals surface area contributed by atoms with Gasteiger partial charge in [-0.05, 0) is 44.9 Å². The van der Waals surface area contributed by atoms with Crippen LogP contribution < -0.4 is 10.7 Å². The number of pyridine rings is 1. The maximum Gasteiger partial charge on any atom is 0.407 e. The summed E-state index contributed by atoms with van der Waals surface area (Å²) in [5.41, 5.74) is 0.962. The number of carbonyl (C=O) groups excluding carboxylic acids is 2. The molecule has 7 nitrogen and oxygen atoms in total. The van der Waals surface area contributed by atoms with Gasteiger partial charge in [0.05, 0.1) is 24.8 Å². The molecule has 1 heterocycles. The fraction of sp³-hybridized carbons (Fsp3) is 0.500. The molecule has 0 saturated heterocycles. The van der Waals surface area contributed by atoms with Gasteiger partial charge in [0.15, 0.2) is 0 Å². The zero-order valence-corrected chi connectivity index (χ0v) is 17.9. The molecule has 0 aliphatic carbocycles. The van der Waals surface area contributed by atoms with Crippen LogP contribution in [0.5, 0.6) is 0 Å². The number of esters is 1. The predicted octanol–water partition coefficient (Wildman–Crippen LogP) is 4.12. The molecule has 2 unspecified atom stereocenters. The molecule has 2 rings (SSSR count). The monoisotopic (exact) mass is 420 g/mol. The smallest absolute Gasteiger partial charge is 0.407 e. The van der Waals surface area contributed by atoms with Crippen molar-refractivity contribution in [1.29, 1.82) is 0 Å². The molecule has 0 spiro atoms. The highest BCUT2D eigenvalue weighted by atomic mass is 19.1. The van der Waals surface area contributed by atoms with Crippen molar-refractivity contribution in [3.8, 4) is 0 Å². The zero-order valence-electron chi connectivity index (χ0n) is 17.9. The number of nitrogens with zero attached hydrogens (tertiary/aromatic N) is 1. The number of fused-ring (bicyclic) bond motifs is 1. The van der Waals surface area contributed by atoms with Crippen molar-refractivity contribution in [2.24, 2.45) is 0 Å². The summed E-state index contributed by atoms with van der Waals surface area (Å²) in [4.78, 5) is 37.2. The second-order valence-corrected chi connectivity index (χ2v) is 6.97. The number of nitrogens with one attached hydrogen (secondary N) is 1. The van der Waals surface area contributed by atoms with Crippen LogP contribution in [-0.4, -0.2) is 36.0 Å². The highest BCUT2D eigenvalue weighted by molar-refractivity contribution is 5.94. The molecule has 164 valence electrons. The first-order valence-electron chi connectivity index (χ1n) is 10.2. The summed E-state index contributed by atoms with van der Waals surface area (Å²) >= 11 is 0. The third kappa shape index (κ3) is 5.58. The van der Waals surface area contributed by atoms with Gasteiger partial charge in [0.25, 0.3) is 0 Å². The van der Waals surface area contributed by atoms with Crippen molar-refractivity contribution in [1.82, 2.24) is 9.88 Å². The van der Waals surface area contributed by atoms with Gasteiger partial charge in [-0.25, -0.2) is 14.0 Å². The number of halogens is 1. The van der Waals surface area contributed by atoms with Crippen molar-refractivity contribution >= 4 is 23.0 Å². The number of hydrogen-bond acceptors (Lipinski definition) is 5. The number of rotatable bonds is 9. The Morgan fingerprint density at radius 3 is 2.53 bits per heavy atom. The van der Waals surface area contributed by atoms with E-state index in [2.05, 4.69) is 5.32 Å². The SMILES string of the molecule is CCOC(=O)c1cn(CC)c2ccc(C(CC)NC(=O)OCCC(C)F)cc2c1=O. The van der Waals surface area contributed by atoms with Crippen LogP contribution in [0, 0.1) is 0 Å². The fourth-order valence-corrected chi connectivity index (χ4v) is 3.17. The van der Waals surface area contributed by atoms with Crippen molar-refractivity contribution in [3.63, 3.8) is 0 Å². The van der Waals surface area contributed by atoms with Crippen molar-refractivity contribution in [3.05, 3.63) is 45.7 Å². The van der Waals surface area contributed by atoms with Crippen LogP contribution in [0.15, 0.2) is 29.2 Å². The minimum Gasteiger partial charge on any atom is -0.462 e. The van der Waals surface area contributed by atoms with E-state index in [9.17, 15) is 18.8 Å². The molecule has 8 heteroatoms. The quantitative estimate of drug-likeness (QED) is 0.617. The van der Waals surface area contributed by atoms with E-state index in [0.717, 1.165) is 0 Å². The summed E-state index contributed by atoms with van der Waals surface area (Å²) in [6, 6.07) is 4.91. The number of benzene rings is 1. The highest BCUT2D eigenvalue weighted by Gasteiger charge is 2.19. The van der Waals surface area contributed by atoms with Crippen LogP contribution in [0.25, 0.3) is 10.9 Å². The lowest BCUT2D eigenvalue weighted by Gasteiger charge is -2.19. The molecule has 0 radical (unpaired) electrons. The molecule has 0 fully saturated rings. The molecule has 1 aromatic carbocycles. The number of alkyl carbamates (subject to hydrolysis) is 1. The van der Waals surface area contributed by atoms with Crippen molar-refractivity contribution in [2.75, 3.05) is 13.2 Å². The average Bonchev–Trinajstić information content (AvgIpc) is 2.72. The molecular formula is C22H29FN2O5. The van der Waals surface area contributed by atoms with Crippen LogP contribution >= 0.6 is 0 Å². The number of alkyl halides is 1. The Balaban J connectivity index is 2.37. The lowest BCUT2D eigenvalue weighted by atomic mass is 10.0. The van der Waals surface area contributed by atoms with Crippen LogP contribution in [0.2, 0.25) is 0 Å². The fourth-order valence-electron chi connectivity index (χ4n) is 3.17. The molecule has 1 amide bonds. The maximum absolute atomic E-state index is 12.9. The Morgan fingerprint density at radius 1 is 1.20 bits per heavy atom. The van der Waals surface area contributed by atoms with Gasteiger partial charge in [0, 0.05) is 24.5 Å². The first-order valence-corrected chi connectivity index (χ1v) is 10.2. The van der Waals surface area contributed by atoms with E-state index in [1.165, 1.54) is 13.1 Å². The second kappa shape index (κ2) is 10.8. The molecule has 1 N–H and O–H groups in total. The number of amides is 1. The van der Waals surface area contributed by atoms with Gasteiger partial charge in [-0.15, -0.1) is 0 Å². The van der Waals surface area contributed by atoms with Gasteiger partial charge in [-0.2, -0.15) is 0 Å². The molecule has 0 aliphatic rings. The minimum absolute atomic E-state index is 0.0121. The predicted molar refractivity (Wildman–Crippen MR) is 113 cm³/mol. The number of aryl methyl sites for hydroxylation is 1. The molecular weight excluding hydrogens is 391 g/mol.